The van der Waals surface area contributed by atoms with Crippen molar-refractivity contribution in [1.82, 2.24) is 0 Å². The summed E-state index contributed by atoms with van der Waals surface area (Å²) in [6.45, 7) is 3.18. The van der Waals surface area contributed by atoms with Crippen molar-refractivity contribution in [3.05, 3.63) is 46.6 Å². The zero-order valence-electron chi connectivity index (χ0n) is 7.60. The van der Waals surface area contributed by atoms with Crippen LogP contribution in [0.4, 0.5) is 10.1 Å². The summed E-state index contributed by atoms with van der Waals surface area (Å²) in [5, 5.41) is 10.4. The van der Waals surface area contributed by atoms with Crippen LogP contribution in [0.5, 0.6) is 0 Å². The van der Waals surface area contributed by atoms with Crippen molar-refractivity contribution in [2.45, 2.75) is 0 Å². The second-order valence-corrected chi connectivity index (χ2v) is 2.56. The number of esters is 1. The predicted molar refractivity (Wildman–Crippen MR) is 48.7 cm³/mol. The Morgan fingerprint density at radius 3 is 2.80 bits per heavy atom. The Balaban J connectivity index is 3.07. The molecule has 1 aromatic rings. The summed E-state index contributed by atoms with van der Waals surface area (Å²) in [5.74, 6) is -1.76. The van der Waals surface area contributed by atoms with Gasteiger partial charge >= 0.3 is 11.7 Å². The molecular formula is C9H7FNO4+. The monoisotopic (exact) mass is 212 g/mol. The minimum absolute atomic E-state index is 0.0771. The van der Waals surface area contributed by atoms with Gasteiger partial charge in [-0.2, -0.15) is 4.39 Å². The molecule has 15 heavy (non-hydrogen) atoms. The summed E-state index contributed by atoms with van der Waals surface area (Å²) in [7, 11) is 0. The van der Waals surface area contributed by atoms with E-state index in [0.717, 1.165) is 18.2 Å². The van der Waals surface area contributed by atoms with E-state index in [1.807, 2.05) is 0 Å². The highest BCUT2D eigenvalue weighted by Crippen LogP contribution is 2.18. The standard InChI is InChI=1S/C9H7FNO4/c1-2-15-9(12)6-3-4-7(10)8(5-6)11(13)14/h3-5H,1-2H2/q+1. The second kappa shape index (κ2) is 4.41. The third-order valence-electron chi connectivity index (χ3n) is 1.61. The SMILES string of the molecule is [CH2+]COC(=O)c1ccc(F)c([N+](=O)[O-])c1. The molecule has 0 spiro atoms. The van der Waals surface area contributed by atoms with Crippen molar-refractivity contribution >= 4 is 11.7 Å². The minimum atomic E-state index is -0.994. The lowest BCUT2D eigenvalue weighted by Gasteiger charge is -1.99. The maximum atomic E-state index is 12.9. The van der Waals surface area contributed by atoms with Gasteiger partial charge in [-0.05, 0) is 12.1 Å². The third kappa shape index (κ3) is 2.43. The smallest absolute Gasteiger partial charge is 0.341 e. The molecule has 1 rings (SSSR count). The minimum Gasteiger partial charge on any atom is -0.420 e. The molecule has 0 unspecified atom stereocenters. The van der Waals surface area contributed by atoms with E-state index in [1.54, 1.807) is 0 Å². The number of nitro benzene ring substituents is 1. The maximum Gasteiger partial charge on any atom is 0.341 e. The largest absolute Gasteiger partial charge is 0.420 e. The number of benzene rings is 1. The zero-order valence-corrected chi connectivity index (χ0v) is 7.60. The van der Waals surface area contributed by atoms with E-state index >= 15 is 0 Å². The van der Waals surface area contributed by atoms with Crippen LogP contribution in [-0.4, -0.2) is 17.5 Å². The van der Waals surface area contributed by atoms with E-state index in [-0.39, 0.29) is 12.2 Å². The number of hydrogen-bond donors (Lipinski definition) is 0. The fraction of sp³-hybridized carbons (Fsp3) is 0.111. The molecule has 0 amide bonds. The van der Waals surface area contributed by atoms with Crippen molar-refractivity contribution in [3.63, 3.8) is 0 Å². The first-order valence-electron chi connectivity index (χ1n) is 3.96. The fourth-order valence-corrected chi connectivity index (χ4v) is 0.956. The summed E-state index contributed by atoms with van der Waals surface area (Å²) >= 11 is 0. The van der Waals surface area contributed by atoms with Gasteiger partial charge in [-0.15, -0.1) is 0 Å². The Morgan fingerprint density at radius 2 is 2.27 bits per heavy atom. The molecule has 5 nitrogen and oxygen atoms in total. The lowest BCUT2D eigenvalue weighted by molar-refractivity contribution is -0.387. The molecule has 0 radical (unpaired) electrons. The molecule has 0 bridgehead atoms. The van der Waals surface area contributed by atoms with Gasteiger partial charge in [0, 0.05) is 6.07 Å². The highest BCUT2D eigenvalue weighted by molar-refractivity contribution is 5.90. The van der Waals surface area contributed by atoms with Crippen LogP contribution in [0.25, 0.3) is 0 Å². The summed E-state index contributed by atoms with van der Waals surface area (Å²) in [6, 6.07) is 2.78. The molecule has 1 aromatic carbocycles. The van der Waals surface area contributed by atoms with Crippen LogP contribution in [0.2, 0.25) is 0 Å². The van der Waals surface area contributed by atoms with Gasteiger partial charge in [0.1, 0.15) is 6.92 Å². The molecule has 0 aliphatic heterocycles. The Labute approximate surface area is 84.6 Å². The van der Waals surface area contributed by atoms with Gasteiger partial charge in [0.05, 0.1) is 10.5 Å². The van der Waals surface area contributed by atoms with Gasteiger partial charge in [0.15, 0.2) is 0 Å². The average molecular weight is 212 g/mol. The normalized spacial score (nSPS) is 9.67. The molecule has 0 saturated carbocycles. The van der Waals surface area contributed by atoms with Crippen LogP contribution in [0.3, 0.4) is 0 Å². The number of halogens is 1. The van der Waals surface area contributed by atoms with E-state index in [0.29, 0.717) is 0 Å². The summed E-state index contributed by atoms with van der Waals surface area (Å²) in [6.07, 6.45) is 0. The molecule has 0 aromatic heterocycles. The highest BCUT2D eigenvalue weighted by atomic mass is 19.1. The van der Waals surface area contributed by atoms with Crippen LogP contribution < -0.4 is 0 Å². The molecule has 78 valence electrons. The Kier molecular flexibility index (Phi) is 3.22. The van der Waals surface area contributed by atoms with Gasteiger partial charge < -0.3 is 4.74 Å². The van der Waals surface area contributed by atoms with Gasteiger partial charge in [-0.3, -0.25) is 10.1 Å². The first kappa shape index (κ1) is 11.0. The van der Waals surface area contributed by atoms with Gasteiger partial charge in [-0.1, -0.05) is 0 Å². The fourth-order valence-electron chi connectivity index (χ4n) is 0.956. The molecule has 0 saturated heterocycles. The number of rotatable bonds is 3. The molecule has 0 aliphatic carbocycles. The number of nitrogens with zero attached hydrogens (tertiary/aromatic N) is 1. The van der Waals surface area contributed by atoms with E-state index in [9.17, 15) is 19.3 Å². The highest BCUT2D eigenvalue weighted by Gasteiger charge is 2.18. The van der Waals surface area contributed by atoms with Gasteiger partial charge in [0.25, 0.3) is 0 Å². The van der Waals surface area contributed by atoms with Crippen LogP contribution in [-0.2, 0) is 4.74 Å². The molecule has 6 heteroatoms. The molecule has 0 aliphatic rings. The number of nitro groups is 1. The molecule has 0 N–H and O–H groups in total. The lowest BCUT2D eigenvalue weighted by atomic mass is 10.2. The first-order chi connectivity index (χ1) is 7.06. The quantitative estimate of drug-likeness (QED) is 0.331. The van der Waals surface area contributed by atoms with Crippen LogP contribution in [0.1, 0.15) is 10.4 Å². The van der Waals surface area contributed by atoms with Crippen molar-refractivity contribution in [1.29, 1.82) is 0 Å². The average Bonchev–Trinajstić information content (AvgIpc) is 2.18. The number of ether oxygens (including phenoxy) is 1. The third-order valence-corrected chi connectivity index (χ3v) is 1.61. The van der Waals surface area contributed by atoms with Crippen LogP contribution >= 0.6 is 0 Å². The van der Waals surface area contributed by atoms with Crippen molar-refractivity contribution in [3.8, 4) is 0 Å². The summed E-state index contributed by atoms with van der Waals surface area (Å²) in [5.41, 5.74) is -0.833. The molecule has 0 heterocycles. The summed E-state index contributed by atoms with van der Waals surface area (Å²) < 4.78 is 17.4. The van der Waals surface area contributed by atoms with E-state index < -0.39 is 22.4 Å². The first-order valence-corrected chi connectivity index (χ1v) is 3.96. The summed E-state index contributed by atoms with van der Waals surface area (Å²) in [4.78, 5) is 20.6. The van der Waals surface area contributed by atoms with Crippen molar-refractivity contribution in [2.24, 2.45) is 0 Å². The Bertz CT molecular complexity index is 405. The number of hydrogen-bond acceptors (Lipinski definition) is 4. The number of carbonyl (C=O) groups is 1. The van der Waals surface area contributed by atoms with E-state index in [4.69, 9.17) is 0 Å². The molecule has 0 atom stereocenters. The van der Waals surface area contributed by atoms with E-state index in [2.05, 4.69) is 11.7 Å². The van der Waals surface area contributed by atoms with Crippen molar-refractivity contribution in [2.75, 3.05) is 6.61 Å². The van der Waals surface area contributed by atoms with Crippen molar-refractivity contribution < 1.29 is 18.8 Å². The maximum absolute atomic E-state index is 12.9. The van der Waals surface area contributed by atoms with Gasteiger partial charge in [0.2, 0.25) is 12.4 Å². The zero-order chi connectivity index (χ0) is 11.4. The van der Waals surface area contributed by atoms with Crippen LogP contribution in [0, 0.1) is 22.9 Å². The Morgan fingerprint density at radius 1 is 1.60 bits per heavy atom. The predicted octanol–water partition coefficient (Wildman–Crippen LogP) is 1.72. The molecular weight excluding hydrogens is 205 g/mol. The topological polar surface area (TPSA) is 69.4 Å². The number of carbonyl (C=O) groups excluding carboxylic acids is 1. The lowest BCUT2D eigenvalue weighted by Crippen LogP contribution is -2.05. The molecule has 0 fully saturated rings. The van der Waals surface area contributed by atoms with Gasteiger partial charge in [-0.25, -0.2) is 4.79 Å². The Hall–Kier alpha value is -2.11. The second-order valence-electron chi connectivity index (χ2n) is 2.56. The van der Waals surface area contributed by atoms with Crippen LogP contribution in [0.15, 0.2) is 18.2 Å². The van der Waals surface area contributed by atoms with E-state index in [1.165, 1.54) is 0 Å².